The molecule has 1 amide bonds. The largest absolute Gasteiger partial charge is 0.493 e. The molecule has 1 aliphatic rings. The number of furan rings is 1. The molecule has 3 rings (SSSR count). The molecule has 1 N–H and O–H groups in total. The Morgan fingerprint density at radius 1 is 1.28 bits per heavy atom. The number of carbonyl (C=O) groups is 1. The minimum absolute atomic E-state index is 0.171. The Hall–Kier alpha value is -2.51. The molecule has 0 bridgehead atoms. The normalized spacial score (nSPS) is 20.4. The summed E-state index contributed by atoms with van der Waals surface area (Å²) >= 11 is 0. The Labute approximate surface area is 145 Å². The van der Waals surface area contributed by atoms with Crippen LogP contribution in [0.4, 0.5) is 0 Å². The number of carbonyl (C=O) groups excluding carboxylic acids is 1. The molecular weight excluding hydrogens is 326 g/mol. The maximum atomic E-state index is 12.9. The molecule has 1 aliphatic heterocycles. The van der Waals surface area contributed by atoms with Crippen LogP contribution in [0, 0.1) is 0 Å². The van der Waals surface area contributed by atoms with Gasteiger partial charge >= 0.3 is 0 Å². The fourth-order valence-electron chi connectivity index (χ4n) is 3.10. The quantitative estimate of drug-likeness (QED) is 0.889. The first kappa shape index (κ1) is 17.3. The number of methoxy groups -OCH3 is 2. The average Bonchev–Trinajstić information content (AvgIpc) is 3.20. The van der Waals surface area contributed by atoms with Crippen molar-refractivity contribution in [1.29, 1.82) is 0 Å². The standard InChI is InChI=1S/C18H21NO6/c1-22-14-4-3-12(9-15(14)23-2)17-16(10-20)25-8-6-19(17)18(21)13-5-7-24-11-13/h3-5,7,9,11,16-17,20H,6,8,10H2,1-2H3/t16-,17-/m1/s1. The van der Waals surface area contributed by atoms with Gasteiger partial charge in [-0.25, -0.2) is 0 Å². The van der Waals surface area contributed by atoms with E-state index in [-0.39, 0.29) is 12.5 Å². The number of aliphatic hydroxyl groups is 1. The third-order valence-corrected chi connectivity index (χ3v) is 4.31. The summed E-state index contributed by atoms with van der Waals surface area (Å²) in [4.78, 5) is 14.5. The lowest BCUT2D eigenvalue weighted by Gasteiger charge is -2.40. The molecule has 1 aromatic carbocycles. The second-order valence-corrected chi connectivity index (χ2v) is 5.66. The zero-order valence-electron chi connectivity index (χ0n) is 14.2. The fraction of sp³-hybridized carbons (Fsp3) is 0.389. The number of amides is 1. The molecule has 1 saturated heterocycles. The molecule has 0 unspecified atom stereocenters. The SMILES string of the molecule is COc1ccc([C@@H]2[C@@H](CO)OCCN2C(=O)c2ccoc2)cc1OC. The fourth-order valence-corrected chi connectivity index (χ4v) is 3.10. The number of benzene rings is 1. The molecule has 0 spiro atoms. The van der Waals surface area contributed by atoms with Gasteiger partial charge in [-0.2, -0.15) is 0 Å². The van der Waals surface area contributed by atoms with Crippen LogP contribution in [0.3, 0.4) is 0 Å². The lowest BCUT2D eigenvalue weighted by molar-refractivity contribution is -0.0811. The summed E-state index contributed by atoms with van der Waals surface area (Å²) in [6.07, 6.45) is 2.35. The van der Waals surface area contributed by atoms with Crippen LogP contribution in [-0.2, 0) is 4.74 Å². The number of ether oxygens (including phenoxy) is 3. The van der Waals surface area contributed by atoms with Crippen molar-refractivity contribution in [3.05, 3.63) is 47.9 Å². The molecule has 25 heavy (non-hydrogen) atoms. The summed E-state index contributed by atoms with van der Waals surface area (Å²) in [6.45, 7) is 0.576. The first-order valence-corrected chi connectivity index (χ1v) is 7.97. The van der Waals surface area contributed by atoms with Crippen LogP contribution in [-0.4, -0.2) is 56.0 Å². The van der Waals surface area contributed by atoms with Gasteiger partial charge in [0.1, 0.15) is 12.4 Å². The molecule has 7 heteroatoms. The van der Waals surface area contributed by atoms with Crippen LogP contribution >= 0.6 is 0 Å². The molecule has 1 aromatic heterocycles. The van der Waals surface area contributed by atoms with Gasteiger partial charge in [-0.3, -0.25) is 4.79 Å². The Bertz CT molecular complexity index is 714. The Morgan fingerprint density at radius 2 is 2.08 bits per heavy atom. The molecule has 0 saturated carbocycles. The minimum atomic E-state index is -0.525. The van der Waals surface area contributed by atoms with E-state index in [9.17, 15) is 9.90 Å². The Kier molecular flexibility index (Phi) is 5.25. The highest BCUT2D eigenvalue weighted by atomic mass is 16.5. The number of hydrogen-bond donors (Lipinski definition) is 1. The summed E-state index contributed by atoms with van der Waals surface area (Å²) in [6, 6.07) is 6.60. The van der Waals surface area contributed by atoms with Gasteiger partial charge in [0.25, 0.3) is 5.91 Å². The van der Waals surface area contributed by atoms with Crippen molar-refractivity contribution in [2.45, 2.75) is 12.1 Å². The van der Waals surface area contributed by atoms with Crippen molar-refractivity contribution in [1.82, 2.24) is 4.90 Å². The van der Waals surface area contributed by atoms with Crippen molar-refractivity contribution < 1.29 is 28.5 Å². The maximum Gasteiger partial charge on any atom is 0.257 e. The predicted molar refractivity (Wildman–Crippen MR) is 88.9 cm³/mol. The van der Waals surface area contributed by atoms with E-state index in [4.69, 9.17) is 18.6 Å². The highest BCUT2D eigenvalue weighted by Crippen LogP contribution is 2.36. The number of nitrogens with zero attached hydrogens (tertiary/aromatic N) is 1. The number of morpholine rings is 1. The minimum Gasteiger partial charge on any atom is -0.493 e. The van der Waals surface area contributed by atoms with Gasteiger partial charge in [0.05, 0.1) is 45.3 Å². The topological polar surface area (TPSA) is 81.4 Å². The van der Waals surface area contributed by atoms with Gasteiger partial charge in [-0.15, -0.1) is 0 Å². The molecule has 134 valence electrons. The summed E-state index contributed by atoms with van der Waals surface area (Å²) in [5.41, 5.74) is 1.26. The highest BCUT2D eigenvalue weighted by molar-refractivity contribution is 5.94. The molecule has 1 fully saturated rings. The molecular formula is C18H21NO6. The summed E-state index contributed by atoms with van der Waals surface area (Å²) < 4.78 is 21.3. The van der Waals surface area contributed by atoms with Crippen molar-refractivity contribution in [3.63, 3.8) is 0 Å². The van der Waals surface area contributed by atoms with E-state index < -0.39 is 12.1 Å². The van der Waals surface area contributed by atoms with Crippen LogP contribution in [0.15, 0.2) is 41.2 Å². The average molecular weight is 347 g/mol. The predicted octanol–water partition coefficient (Wildman–Crippen LogP) is 1.87. The smallest absolute Gasteiger partial charge is 0.257 e. The summed E-state index contributed by atoms with van der Waals surface area (Å²) in [5, 5.41) is 9.74. The van der Waals surface area contributed by atoms with E-state index in [0.717, 1.165) is 5.56 Å². The zero-order chi connectivity index (χ0) is 17.8. The van der Waals surface area contributed by atoms with Crippen molar-refractivity contribution in [3.8, 4) is 11.5 Å². The van der Waals surface area contributed by atoms with E-state index in [1.54, 1.807) is 37.3 Å². The number of rotatable bonds is 5. The molecule has 0 radical (unpaired) electrons. The molecule has 2 aromatic rings. The van der Waals surface area contributed by atoms with Gasteiger partial charge in [-0.05, 0) is 23.8 Å². The Morgan fingerprint density at radius 3 is 2.72 bits per heavy atom. The monoisotopic (exact) mass is 347 g/mol. The van der Waals surface area contributed by atoms with Gasteiger partial charge in [-0.1, -0.05) is 6.07 Å². The maximum absolute atomic E-state index is 12.9. The summed E-state index contributed by atoms with van der Waals surface area (Å²) in [5.74, 6) is 0.976. The lowest BCUT2D eigenvalue weighted by Crippen LogP contribution is -2.49. The van der Waals surface area contributed by atoms with Gasteiger partial charge < -0.3 is 28.6 Å². The molecule has 7 nitrogen and oxygen atoms in total. The number of aliphatic hydroxyl groups excluding tert-OH is 1. The first-order valence-electron chi connectivity index (χ1n) is 7.97. The second-order valence-electron chi connectivity index (χ2n) is 5.66. The number of hydrogen-bond acceptors (Lipinski definition) is 6. The summed E-state index contributed by atoms with van der Waals surface area (Å²) in [7, 11) is 3.11. The van der Waals surface area contributed by atoms with Crippen LogP contribution in [0.25, 0.3) is 0 Å². The van der Waals surface area contributed by atoms with Crippen LogP contribution in [0.1, 0.15) is 22.0 Å². The van der Waals surface area contributed by atoms with Crippen molar-refractivity contribution in [2.75, 3.05) is 34.0 Å². The second kappa shape index (κ2) is 7.58. The van der Waals surface area contributed by atoms with Gasteiger partial charge in [0.15, 0.2) is 11.5 Å². The third kappa shape index (κ3) is 3.33. The lowest BCUT2D eigenvalue weighted by atomic mass is 9.97. The van der Waals surface area contributed by atoms with E-state index in [1.807, 2.05) is 6.07 Å². The van der Waals surface area contributed by atoms with E-state index in [0.29, 0.717) is 30.2 Å². The molecule has 0 aliphatic carbocycles. The molecule has 2 atom stereocenters. The molecule has 2 heterocycles. The van der Waals surface area contributed by atoms with E-state index in [2.05, 4.69) is 0 Å². The van der Waals surface area contributed by atoms with Crippen LogP contribution in [0.5, 0.6) is 11.5 Å². The third-order valence-electron chi connectivity index (χ3n) is 4.31. The van der Waals surface area contributed by atoms with E-state index in [1.165, 1.54) is 12.5 Å². The first-order chi connectivity index (χ1) is 12.2. The van der Waals surface area contributed by atoms with Crippen LogP contribution in [0.2, 0.25) is 0 Å². The Balaban J connectivity index is 1.99. The van der Waals surface area contributed by atoms with Crippen molar-refractivity contribution in [2.24, 2.45) is 0 Å². The zero-order valence-corrected chi connectivity index (χ0v) is 14.2. The highest BCUT2D eigenvalue weighted by Gasteiger charge is 2.37. The van der Waals surface area contributed by atoms with Gasteiger partial charge in [0.2, 0.25) is 0 Å². The van der Waals surface area contributed by atoms with Gasteiger partial charge in [0, 0.05) is 6.54 Å². The van der Waals surface area contributed by atoms with Crippen LogP contribution < -0.4 is 9.47 Å². The van der Waals surface area contributed by atoms with E-state index >= 15 is 0 Å². The van der Waals surface area contributed by atoms with Crippen molar-refractivity contribution >= 4 is 5.91 Å².